The number of hydrogen-bond acceptors (Lipinski definition) is 4. The van der Waals surface area contributed by atoms with E-state index < -0.39 is 0 Å². The first-order valence-electron chi connectivity index (χ1n) is 5.38. The fourth-order valence-electron chi connectivity index (χ4n) is 1.49. The molecule has 0 fully saturated rings. The smallest absolute Gasteiger partial charge is 0.323 e. The van der Waals surface area contributed by atoms with Crippen LogP contribution in [0.1, 0.15) is 19.3 Å². The van der Waals surface area contributed by atoms with E-state index in [9.17, 15) is 4.79 Å². The number of nitrogens with zero attached hydrogens (tertiary/aromatic N) is 2. The Morgan fingerprint density at radius 2 is 1.80 bits per heavy atom. The van der Waals surface area contributed by atoms with Crippen LogP contribution in [0.3, 0.4) is 0 Å². The van der Waals surface area contributed by atoms with Crippen LogP contribution in [0.5, 0.6) is 0 Å². The van der Waals surface area contributed by atoms with Gasteiger partial charge in [-0.3, -0.25) is 9.69 Å². The van der Waals surface area contributed by atoms with Gasteiger partial charge in [0, 0.05) is 0 Å². The molecule has 90 valence electrons. The molecule has 0 rings (SSSR count). The Morgan fingerprint density at radius 1 is 1.20 bits per heavy atom. The van der Waals surface area contributed by atoms with Crippen molar-refractivity contribution in [3.05, 3.63) is 0 Å². The molecule has 0 saturated carbocycles. The second-order valence-corrected chi connectivity index (χ2v) is 4.30. The van der Waals surface area contributed by atoms with Crippen molar-refractivity contribution in [3.63, 3.8) is 0 Å². The van der Waals surface area contributed by atoms with Gasteiger partial charge < -0.3 is 9.64 Å². The van der Waals surface area contributed by atoms with Gasteiger partial charge >= 0.3 is 5.97 Å². The zero-order valence-corrected chi connectivity index (χ0v) is 10.6. The van der Waals surface area contributed by atoms with Crippen LogP contribution in [0.15, 0.2) is 0 Å². The number of ether oxygens (including phenoxy) is 1. The van der Waals surface area contributed by atoms with E-state index in [1.807, 2.05) is 19.0 Å². The van der Waals surface area contributed by atoms with Crippen LogP contribution in [0.25, 0.3) is 0 Å². The molecule has 0 bridgehead atoms. The van der Waals surface area contributed by atoms with Crippen LogP contribution in [0.2, 0.25) is 0 Å². The highest BCUT2D eigenvalue weighted by molar-refractivity contribution is 5.75. The van der Waals surface area contributed by atoms with Crippen molar-refractivity contribution in [2.45, 2.75) is 25.3 Å². The molecule has 4 heteroatoms. The minimum Gasteiger partial charge on any atom is -0.468 e. The second-order valence-electron chi connectivity index (χ2n) is 4.30. The molecule has 0 amide bonds. The molecule has 0 unspecified atom stereocenters. The highest BCUT2D eigenvalue weighted by Gasteiger charge is 2.20. The number of rotatable bonds is 7. The Labute approximate surface area is 93.2 Å². The first kappa shape index (κ1) is 14.4. The van der Waals surface area contributed by atoms with Crippen molar-refractivity contribution in [1.29, 1.82) is 0 Å². The Morgan fingerprint density at radius 3 is 2.20 bits per heavy atom. The van der Waals surface area contributed by atoms with Crippen molar-refractivity contribution in [2.24, 2.45) is 0 Å². The highest BCUT2D eigenvalue weighted by Crippen LogP contribution is 2.07. The Bertz CT molecular complexity index is 181. The summed E-state index contributed by atoms with van der Waals surface area (Å²) < 4.78 is 4.76. The lowest BCUT2D eigenvalue weighted by Crippen LogP contribution is -2.36. The van der Waals surface area contributed by atoms with Crippen LogP contribution in [0.4, 0.5) is 0 Å². The Hall–Kier alpha value is -0.610. The Balaban J connectivity index is 3.82. The molecule has 0 aromatic heterocycles. The summed E-state index contributed by atoms with van der Waals surface area (Å²) >= 11 is 0. The summed E-state index contributed by atoms with van der Waals surface area (Å²) in [6.07, 6.45) is 3.04. The minimum atomic E-state index is -0.134. The molecule has 0 aliphatic rings. The van der Waals surface area contributed by atoms with E-state index in [4.69, 9.17) is 4.74 Å². The van der Waals surface area contributed by atoms with E-state index in [1.165, 1.54) is 7.11 Å². The topological polar surface area (TPSA) is 32.8 Å². The molecular formula is C11H24N2O2. The van der Waals surface area contributed by atoms with Crippen molar-refractivity contribution in [3.8, 4) is 0 Å². The molecule has 0 N–H and O–H groups in total. The summed E-state index contributed by atoms with van der Waals surface area (Å²) in [5.41, 5.74) is 0. The number of methoxy groups -OCH3 is 1. The molecule has 0 aromatic carbocycles. The maximum absolute atomic E-state index is 11.4. The predicted octanol–water partition coefficient (Wildman–Crippen LogP) is 0.821. The van der Waals surface area contributed by atoms with Gasteiger partial charge in [-0.25, -0.2) is 0 Å². The molecule has 1 atom stereocenters. The standard InChI is InChI=1S/C11H24N2O2/c1-12(2)9-7-6-8-10(13(3)4)11(14)15-5/h10H,6-9H2,1-5H3/t10-/m0/s1. The van der Waals surface area contributed by atoms with Crippen molar-refractivity contribution >= 4 is 5.97 Å². The molecule has 0 heterocycles. The quantitative estimate of drug-likeness (QED) is 0.466. The second kappa shape index (κ2) is 7.65. The first-order valence-corrected chi connectivity index (χ1v) is 5.38. The number of likely N-dealkylation sites (N-methyl/N-ethyl adjacent to an activating group) is 1. The van der Waals surface area contributed by atoms with Crippen LogP contribution in [-0.2, 0) is 9.53 Å². The largest absolute Gasteiger partial charge is 0.468 e. The van der Waals surface area contributed by atoms with E-state index in [0.29, 0.717) is 0 Å². The average Bonchev–Trinajstić information content (AvgIpc) is 2.15. The molecule has 0 saturated heterocycles. The third-order valence-electron chi connectivity index (χ3n) is 2.43. The van der Waals surface area contributed by atoms with Gasteiger partial charge in [0.25, 0.3) is 0 Å². The van der Waals surface area contributed by atoms with E-state index in [-0.39, 0.29) is 12.0 Å². The lowest BCUT2D eigenvalue weighted by molar-refractivity contribution is -0.146. The third kappa shape index (κ3) is 6.47. The normalized spacial score (nSPS) is 13.3. The lowest BCUT2D eigenvalue weighted by Gasteiger charge is -2.21. The molecule has 0 aliphatic carbocycles. The molecule has 0 aliphatic heterocycles. The number of hydrogen-bond donors (Lipinski definition) is 0. The zero-order valence-electron chi connectivity index (χ0n) is 10.6. The van der Waals surface area contributed by atoms with Crippen LogP contribution < -0.4 is 0 Å². The fourth-order valence-corrected chi connectivity index (χ4v) is 1.49. The molecule has 4 nitrogen and oxygen atoms in total. The van der Waals surface area contributed by atoms with E-state index in [0.717, 1.165) is 25.8 Å². The van der Waals surface area contributed by atoms with Crippen molar-refractivity contribution in [2.75, 3.05) is 41.8 Å². The van der Waals surface area contributed by atoms with Gasteiger partial charge in [0.15, 0.2) is 0 Å². The molecule has 0 radical (unpaired) electrons. The van der Waals surface area contributed by atoms with Gasteiger partial charge in [0.2, 0.25) is 0 Å². The first-order chi connectivity index (χ1) is 6.99. The van der Waals surface area contributed by atoms with Gasteiger partial charge in [-0.15, -0.1) is 0 Å². The van der Waals surface area contributed by atoms with Gasteiger partial charge in [-0.2, -0.15) is 0 Å². The molecule has 15 heavy (non-hydrogen) atoms. The summed E-state index contributed by atoms with van der Waals surface area (Å²) in [6.45, 7) is 1.07. The summed E-state index contributed by atoms with van der Waals surface area (Å²) in [6, 6.07) is -0.0998. The Kier molecular flexibility index (Phi) is 7.34. The van der Waals surface area contributed by atoms with Gasteiger partial charge in [0.05, 0.1) is 7.11 Å². The molecular weight excluding hydrogens is 192 g/mol. The SMILES string of the molecule is COC(=O)[C@H](CCCCN(C)C)N(C)C. The summed E-state index contributed by atoms with van der Waals surface area (Å²) in [4.78, 5) is 15.5. The van der Waals surface area contributed by atoms with Crippen LogP contribution >= 0.6 is 0 Å². The lowest BCUT2D eigenvalue weighted by atomic mass is 10.1. The number of carbonyl (C=O) groups is 1. The zero-order chi connectivity index (χ0) is 11.8. The van der Waals surface area contributed by atoms with E-state index >= 15 is 0 Å². The predicted molar refractivity (Wildman–Crippen MR) is 61.9 cm³/mol. The monoisotopic (exact) mass is 216 g/mol. The number of unbranched alkanes of at least 4 members (excludes halogenated alkanes) is 1. The van der Waals surface area contributed by atoms with Crippen molar-refractivity contribution < 1.29 is 9.53 Å². The third-order valence-corrected chi connectivity index (χ3v) is 2.43. The summed E-state index contributed by atoms with van der Waals surface area (Å²) in [5.74, 6) is -0.134. The van der Waals surface area contributed by atoms with Crippen LogP contribution in [0, 0.1) is 0 Å². The summed E-state index contributed by atoms with van der Waals surface area (Å²) in [7, 11) is 9.38. The van der Waals surface area contributed by atoms with E-state index in [2.05, 4.69) is 19.0 Å². The summed E-state index contributed by atoms with van der Waals surface area (Å²) in [5, 5.41) is 0. The maximum Gasteiger partial charge on any atom is 0.323 e. The average molecular weight is 216 g/mol. The van der Waals surface area contributed by atoms with Crippen molar-refractivity contribution in [1.82, 2.24) is 9.80 Å². The molecule has 0 spiro atoms. The number of carbonyl (C=O) groups excluding carboxylic acids is 1. The number of esters is 1. The highest BCUT2D eigenvalue weighted by atomic mass is 16.5. The van der Waals surface area contributed by atoms with Gasteiger partial charge in [-0.05, 0) is 47.6 Å². The maximum atomic E-state index is 11.4. The molecule has 0 aromatic rings. The van der Waals surface area contributed by atoms with E-state index in [1.54, 1.807) is 0 Å². The van der Waals surface area contributed by atoms with Gasteiger partial charge in [0.1, 0.15) is 6.04 Å². The van der Waals surface area contributed by atoms with Gasteiger partial charge in [-0.1, -0.05) is 6.42 Å². The van der Waals surface area contributed by atoms with Crippen LogP contribution in [-0.4, -0.2) is 63.7 Å². The fraction of sp³-hybridized carbons (Fsp3) is 0.909. The minimum absolute atomic E-state index is 0.0998.